The fraction of sp³-hybridized carbons (Fsp3) is 0.875. The summed E-state index contributed by atoms with van der Waals surface area (Å²) >= 11 is 0. The Morgan fingerprint density at radius 2 is 1.67 bits per heavy atom. The molecule has 2 fully saturated rings. The van der Waals surface area contributed by atoms with E-state index in [0.717, 1.165) is 18.3 Å². The van der Waals surface area contributed by atoms with Crippen molar-refractivity contribution in [3.63, 3.8) is 0 Å². The van der Waals surface area contributed by atoms with Crippen LogP contribution >= 0.6 is 0 Å². The van der Waals surface area contributed by atoms with Crippen molar-refractivity contribution in [3.05, 3.63) is 11.2 Å². The SMILES string of the molecule is CCCC/C=C(/B1C2CCCC1CCC2)[Si](C)C. The molecular formula is C16H30BSi. The predicted molar refractivity (Wildman–Crippen MR) is 86.0 cm³/mol. The van der Waals surface area contributed by atoms with Crippen LogP contribution in [0.4, 0.5) is 0 Å². The summed E-state index contributed by atoms with van der Waals surface area (Å²) in [6.45, 7) is 8.36. The molecule has 101 valence electrons. The van der Waals surface area contributed by atoms with Gasteiger partial charge in [-0.2, -0.15) is 0 Å². The highest BCUT2D eigenvalue weighted by molar-refractivity contribution is 6.89. The van der Waals surface area contributed by atoms with Gasteiger partial charge in [-0.15, -0.1) is 5.10 Å². The molecule has 2 heterocycles. The van der Waals surface area contributed by atoms with Gasteiger partial charge in [-0.1, -0.05) is 89.1 Å². The van der Waals surface area contributed by atoms with Crippen LogP contribution in [0.5, 0.6) is 0 Å². The number of allylic oxidation sites excluding steroid dienone is 1. The lowest BCUT2D eigenvalue weighted by Gasteiger charge is -2.42. The zero-order valence-electron chi connectivity index (χ0n) is 12.7. The van der Waals surface area contributed by atoms with E-state index in [9.17, 15) is 0 Å². The van der Waals surface area contributed by atoms with E-state index in [1.807, 2.05) is 5.10 Å². The van der Waals surface area contributed by atoms with E-state index < -0.39 is 0 Å². The van der Waals surface area contributed by atoms with E-state index in [0.29, 0.717) is 0 Å². The molecule has 0 atom stereocenters. The molecule has 0 saturated carbocycles. The van der Waals surface area contributed by atoms with E-state index in [-0.39, 0.29) is 8.80 Å². The summed E-state index contributed by atoms with van der Waals surface area (Å²) in [4.78, 5) is 0. The van der Waals surface area contributed by atoms with Crippen molar-refractivity contribution >= 4 is 15.5 Å². The van der Waals surface area contributed by atoms with Crippen molar-refractivity contribution in [2.45, 2.75) is 89.4 Å². The quantitative estimate of drug-likeness (QED) is 0.450. The number of unbranched alkanes of at least 4 members (excludes halogenated alkanes) is 2. The summed E-state index contributed by atoms with van der Waals surface area (Å²) in [5.41, 5.74) is 0. The van der Waals surface area contributed by atoms with Gasteiger partial charge in [0.2, 0.25) is 0 Å². The number of hydrogen-bond donors (Lipinski definition) is 0. The monoisotopic (exact) mass is 261 g/mol. The fourth-order valence-electron chi connectivity index (χ4n) is 4.32. The Labute approximate surface area is 116 Å². The molecule has 0 aromatic rings. The van der Waals surface area contributed by atoms with Crippen LogP contribution in [0.25, 0.3) is 0 Å². The second kappa shape index (κ2) is 6.98. The van der Waals surface area contributed by atoms with Crippen molar-refractivity contribution in [3.8, 4) is 0 Å². The average Bonchev–Trinajstić information content (AvgIpc) is 2.33. The van der Waals surface area contributed by atoms with Gasteiger partial charge in [0.15, 0.2) is 6.71 Å². The molecule has 2 aliphatic heterocycles. The summed E-state index contributed by atoms with van der Waals surface area (Å²) in [7, 11) is -0.232. The lowest BCUT2D eigenvalue weighted by molar-refractivity contribution is 0.446. The average molecular weight is 261 g/mol. The van der Waals surface area contributed by atoms with Gasteiger partial charge in [-0.25, -0.2) is 0 Å². The molecule has 2 bridgehead atoms. The third-order valence-corrected chi connectivity index (χ3v) is 6.87. The molecular weight excluding hydrogens is 231 g/mol. The first-order valence-electron chi connectivity index (χ1n) is 8.24. The first-order valence-corrected chi connectivity index (χ1v) is 10.7. The molecule has 0 spiro atoms. The van der Waals surface area contributed by atoms with Gasteiger partial charge in [-0.3, -0.25) is 0 Å². The minimum Gasteiger partial charge on any atom is -0.115 e. The molecule has 0 N–H and O–H groups in total. The summed E-state index contributed by atoms with van der Waals surface area (Å²) in [5, 5.41) is 1.93. The first kappa shape index (κ1) is 14.4. The van der Waals surface area contributed by atoms with Crippen LogP contribution in [-0.4, -0.2) is 15.5 Å². The van der Waals surface area contributed by atoms with Crippen molar-refractivity contribution in [1.82, 2.24) is 0 Å². The summed E-state index contributed by atoms with van der Waals surface area (Å²) in [6.07, 6.45) is 15.9. The Balaban J connectivity index is 2.11. The molecule has 0 amide bonds. The predicted octanol–water partition coefficient (Wildman–Crippen LogP) is 5.54. The highest BCUT2D eigenvalue weighted by Crippen LogP contribution is 2.49. The lowest BCUT2D eigenvalue weighted by atomic mass is 9.27. The van der Waals surface area contributed by atoms with Gasteiger partial charge in [0.25, 0.3) is 0 Å². The standard InChI is InChI=1S/C16H30BSi/c1-4-5-6-13-16(18(2)3)17-14-9-7-10-15(17)12-8-11-14/h13-15H,4-12H2,1-3H3/b16-13-. The lowest BCUT2D eigenvalue weighted by Crippen LogP contribution is -2.40. The minimum absolute atomic E-state index is 0.232. The summed E-state index contributed by atoms with van der Waals surface area (Å²) in [6, 6.07) is 0. The van der Waals surface area contributed by atoms with Gasteiger partial charge in [-0.05, 0) is 6.42 Å². The van der Waals surface area contributed by atoms with E-state index in [2.05, 4.69) is 26.1 Å². The fourth-order valence-corrected chi connectivity index (χ4v) is 6.01. The van der Waals surface area contributed by atoms with E-state index in [1.54, 1.807) is 0 Å². The second-order valence-corrected chi connectivity index (χ2v) is 9.29. The van der Waals surface area contributed by atoms with Crippen LogP contribution < -0.4 is 0 Å². The van der Waals surface area contributed by atoms with Crippen LogP contribution in [0.2, 0.25) is 24.7 Å². The third-order valence-electron chi connectivity index (χ3n) is 5.17. The second-order valence-electron chi connectivity index (χ2n) is 6.71. The third kappa shape index (κ3) is 3.32. The smallest absolute Gasteiger partial charge is 0.115 e. The molecule has 2 aliphatic rings. The van der Waals surface area contributed by atoms with E-state index in [1.165, 1.54) is 57.8 Å². The van der Waals surface area contributed by atoms with E-state index >= 15 is 0 Å². The van der Waals surface area contributed by atoms with Gasteiger partial charge in [0.05, 0.1) is 8.80 Å². The molecule has 18 heavy (non-hydrogen) atoms. The van der Waals surface area contributed by atoms with Gasteiger partial charge >= 0.3 is 0 Å². The van der Waals surface area contributed by atoms with Crippen molar-refractivity contribution in [2.24, 2.45) is 0 Å². The van der Waals surface area contributed by atoms with Crippen LogP contribution in [-0.2, 0) is 0 Å². The van der Waals surface area contributed by atoms with Gasteiger partial charge in [0, 0.05) is 0 Å². The molecule has 0 aromatic carbocycles. The maximum absolute atomic E-state index is 2.68. The van der Waals surface area contributed by atoms with Crippen molar-refractivity contribution < 1.29 is 0 Å². The van der Waals surface area contributed by atoms with Crippen molar-refractivity contribution in [1.29, 1.82) is 0 Å². The van der Waals surface area contributed by atoms with Crippen LogP contribution in [0.3, 0.4) is 0 Å². The molecule has 0 nitrogen and oxygen atoms in total. The molecule has 0 aliphatic carbocycles. The zero-order chi connectivity index (χ0) is 13.0. The minimum atomic E-state index is -0.232. The molecule has 2 saturated heterocycles. The summed E-state index contributed by atoms with van der Waals surface area (Å²) < 4.78 is 0. The number of hydrogen-bond acceptors (Lipinski definition) is 0. The highest BCUT2D eigenvalue weighted by Gasteiger charge is 2.41. The van der Waals surface area contributed by atoms with Crippen LogP contribution in [0.15, 0.2) is 11.2 Å². The van der Waals surface area contributed by atoms with Crippen molar-refractivity contribution in [2.75, 3.05) is 0 Å². The Morgan fingerprint density at radius 3 is 2.11 bits per heavy atom. The Morgan fingerprint density at radius 1 is 1.11 bits per heavy atom. The molecule has 0 aromatic heterocycles. The zero-order valence-corrected chi connectivity index (χ0v) is 13.7. The van der Waals surface area contributed by atoms with E-state index in [4.69, 9.17) is 0 Å². The molecule has 2 rings (SSSR count). The summed E-state index contributed by atoms with van der Waals surface area (Å²) in [5.74, 6) is 2.12. The number of rotatable bonds is 5. The number of fused-ring (bicyclic) bond motifs is 2. The van der Waals surface area contributed by atoms with Gasteiger partial charge in [0.1, 0.15) is 0 Å². The molecule has 0 unspecified atom stereocenters. The molecule has 2 heteroatoms. The first-order chi connectivity index (χ1) is 8.74. The van der Waals surface area contributed by atoms with Crippen LogP contribution in [0, 0.1) is 0 Å². The largest absolute Gasteiger partial charge is 0.171 e. The molecule has 1 radical (unpaired) electrons. The maximum atomic E-state index is 2.68. The Hall–Kier alpha value is 0.0218. The van der Waals surface area contributed by atoms with Crippen LogP contribution in [0.1, 0.15) is 64.7 Å². The topological polar surface area (TPSA) is 0 Å². The van der Waals surface area contributed by atoms with Gasteiger partial charge < -0.3 is 0 Å². The Bertz CT molecular complexity index is 263. The highest BCUT2D eigenvalue weighted by atomic mass is 28.3. The Kier molecular flexibility index (Phi) is 5.60. The normalized spacial score (nSPS) is 28.9. The maximum Gasteiger partial charge on any atom is 0.171 e.